The highest BCUT2D eigenvalue weighted by molar-refractivity contribution is 7.89. The largest absolute Gasteiger partial charge is 0.380 e. The lowest BCUT2D eigenvalue weighted by atomic mass is 10.1. The topological polar surface area (TPSA) is 71.5 Å². The number of halogens is 1. The molecule has 6 nitrogen and oxygen atoms in total. The summed E-state index contributed by atoms with van der Waals surface area (Å²) in [7, 11) is -2.06. The van der Waals surface area contributed by atoms with Gasteiger partial charge in [0.05, 0.1) is 17.5 Å². The molecule has 1 unspecified atom stereocenters. The average Bonchev–Trinajstić information content (AvgIpc) is 2.63. The summed E-state index contributed by atoms with van der Waals surface area (Å²) >= 11 is 0. The minimum Gasteiger partial charge on any atom is -0.380 e. The maximum Gasteiger partial charge on any atom is 0.244 e. The van der Waals surface area contributed by atoms with Crippen molar-refractivity contribution in [3.63, 3.8) is 0 Å². The van der Waals surface area contributed by atoms with Crippen LogP contribution in [0.4, 0.5) is 0 Å². The Bertz CT molecular complexity index is 787. The molecule has 0 spiro atoms. The number of nitrogens with one attached hydrogen (secondary N) is 1. The van der Waals surface area contributed by atoms with Crippen molar-refractivity contribution < 1.29 is 13.2 Å². The molecule has 1 fully saturated rings. The molecule has 0 radical (unpaired) electrons. The second-order valence-electron chi connectivity index (χ2n) is 5.66. The van der Waals surface area contributed by atoms with E-state index in [1.807, 2.05) is 18.2 Å². The van der Waals surface area contributed by atoms with E-state index in [-0.39, 0.29) is 25.1 Å². The van der Waals surface area contributed by atoms with Crippen LogP contribution in [-0.4, -0.2) is 44.5 Å². The minimum atomic E-state index is -3.63. The first-order chi connectivity index (χ1) is 11.6. The highest BCUT2D eigenvalue weighted by Gasteiger charge is 2.35. The number of piperazine rings is 1. The summed E-state index contributed by atoms with van der Waals surface area (Å²) in [6, 6.07) is 10.5. The van der Waals surface area contributed by atoms with E-state index >= 15 is 0 Å². The van der Waals surface area contributed by atoms with Gasteiger partial charge < -0.3 is 10.1 Å². The molecule has 2 heterocycles. The number of methoxy groups -OCH3 is 1. The fraction of sp³-hybridized carbons (Fsp3) is 0.353. The van der Waals surface area contributed by atoms with E-state index in [4.69, 9.17) is 4.74 Å². The molecule has 1 aliphatic heterocycles. The Labute approximate surface area is 154 Å². The fourth-order valence-electron chi connectivity index (χ4n) is 2.99. The molecule has 1 saturated heterocycles. The number of ether oxygens (including phenoxy) is 1. The molecule has 136 valence electrons. The molecule has 3 rings (SSSR count). The highest BCUT2D eigenvalue weighted by Crippen LogP contribution is 2.30. The van der Waals surface area contributed by atoms with Crippen LogP contribution < -0.4 is 5.32 Å². The monoisotopic (exact) mass is 383 g/mol. The summed E-state index contributed by atoms with van der Waals surface area (Å²) in [5.41, 5.74) is 1.56. The van der Waals surface area contributed by atoms with Gasteiger partial charge >= 0.3 is 0 Å². The Hall–Kier alpha value is -1.51. The maximum absolute atomic E-state index is 13.3. The zero-order valence-corrected chi connectivity index (χ0v) is 15.6. The van der Waals surface area contributed by atoms with Crippen molar-refractivity contribution in [1.82, 2.24) is 14.6 Å². The Morgan fingerprint density at radius 1 is 1.28 bits per heavy atom. The van der Waals surface area contributed by atoms with Crippen LogP contribution in [0.15, 0.2) is 53.7 Å². The van der Waals surface area contributed by atoms with E-state index in [1.165, 1.54) is 0 Å². The predicted molar refractivity (Wildman–Crippen MR) is 98.1 cm³/mol. The predicted octanol–water partition coefficient (Wildman–Crippen LogP) is 1.98. The van der Waals surface area contributed by atoms with E-state index < -0.39 is 10.0 Å². The van der Waals surface area contributed by atoms with Gasteiger partial charge in [-0.3, -0.25) is 4.98 Å². The zero-order chi connectivity index (χ0) is 17.0. The molecule has 1 aromatic carbocycles. The summed E-state index contributed by atoms with van der Waals surface area (Å²) in [6.45, 7) is 1.88. The molecular weight excluding hydrogens is 362 g/mol. The third-order valence-corrected chi connectivity index (χ3v) is 6.13. The summed E-state index contributed by atoms with van der Waals surface area (Å²) in [5.74, 6) is 0. The van der Waals surface area contributed by atoms with E-state index in [0.29, 0.717) is 30.1 Å². The Kier molecular flexibility index (Phi) is 6.92. The van der Waals surface area contributed by atoms with Gasteiger partial charge in [-0.05, 0) is 23.3 Å². The van der Waals surface area contributed by atoms with Gasteiger partial charge in [-0.25, -0.2) is 8.42 Å². The summed E-state index contributed by atoms with van der Waals surface area (Å²) in [4.78, 5) is 4.43. The van der Waals surface area contributed by atoms with Crippen LogP contribution in [0.5, 0.6) is 0 Å². The first-order valence-corrected chi connectivity index (χ1v) is 9.28. The number of rotatable bonds is 5. The summed E-state index contributed by atoms with van der Waals surface area (Å²) < 4.78 is 33.3. The molecule has 25 heavy (non-hydrogen) atoms. The van der Waals surface area contributed by atoms with Crippen molar-refractivity contribution in [3.05, 3.63) is 59.9 Å². The standard InChI is InChI=1S/C17H21N3O3S.ClH/c1-23-13-15-5-2-3-7-17(15)24(21,22)20-10-9-19-12-16(20)14-6-4-8-18-11-14;/h2-8,11,16,19H,9-10,12-13H2,1H3;1H. The Balaban J connectivity index is 0.00000225. The summed E-state index contributed by atoms with van der Waals surface area (Å²) in [6.07, 6.45) is 3.41. The molecular formula is C17H22ClN3O3S. The Morgan fingerprint density at radius 2 is 2.08 bits per heavy atom. The van der Waals surface area contributed by atoms with Gasteiger partial charge in [-0.2, -0.15) is 4.31 Å². The van der Waals surface area contributed by atoms with E-state index in [9.17, 15) is 8.42 Å². The van der Waals surface area contributed by atoms with Crippen LogP contribution in [0.2, 0.25) is 0 Å². The lowest BCUT2D eigenvalue weighted by Crippen LogP contribution is -2.48. The van der Waals surface area contributed by atoms with Gasteiger partial charge in [0, 0.05) is 39.1 Å². The van der Waals surface area contributed by atoms with E-state index in [2.05, 4.69) is 10.3 Å². The van der Waals surface area contributed by atoms with Gasteiger partial charge in [0.25, 0.3) is 0 Å². The van der Waals surface area contributed by atoms with Gasteiger partial charge in [-0.1, -0.05) is 24.3 Å². The average molecular weight is 384 g/mol. The molecule has 0 amide bonds. The van der Waals surface area contributed by atoms with E-state index in [0.717, 1.165) is 5.56 Å². The molecule has 8 heteroatoms. The zero-order valence-electron chi connectivity index (χ0n) is 14.0. The van der Waals surface area contributed by atoms with Crippen molar-refractivity contribution >= 4 is 22.4 Å². The first-order valence-electron chi connectivity index (χ1n) is 7.84. The van der Waals surface area contributed by atoms with Crippen molar-refractivity contribution in [2.75, 3.05) is 26.7 Å². The number of benzene rings is 1. The lowest BCUT2D eigenvalue weighted by Gasteiger charge is -2.35. The van der Waals surface area contributed by atoms with Crippen LogP contribution in [0.3, 0.4) is 0 Å². The molecule has 0 bridgehead atoms. The molecule has 1 atom stereocenters. The third kappa shape index (κ3) is 4.19. The van der Waals surface area contributed by atoms with Crippen molar-refractivity contribution in [2.45, 2.75) is 17.5 Å². The minimum absolute atomic E-state index is 0. The number of nitrogens with zero attached hydrogens (tertiary/aromatic N) is 2. The van der Waals surface area contributed by atoms with Crippen LogP contribution in [0.1, 0.15) is 17.2 Å². The van der Waals surface area contributed by atoms with Crippen molar-refractivity contribution in [2.24, 2.45) is 0 Å². The quantitative estimate of drug-likeness (QED) is 0.854. The molecule has 2 aromatic rings. The van der Waals surface area contributed by atoms with Crippen LogP contribution in [0, 0.1) is 0 Å². The third-order valence-electron chi connectivity index (χ3n) is 4.12. The van der Waals surface area contributed by atoms with Crippen molar-refractivity contribution in [3.8, 4) is 0 Å². The maximum atomic E-state index is 13.3. The van der Waals surface area contributed by atoms with Gasteiger partial charge in [-0.15, -0.1) is 12.4 Å². The van der Waals surface area contributed by atoms with Gasteiger partial charge in [0.15, 0.2) is 0 Å². The van der Waals surface area contributed by atoms with Gasteiger partial charge in [0.1, 0.15) is 0 Å². The van der Waals surface area contributed by atoms with Gasteiger partial charge in [0.2, 0.25) is 10.0 Å². The number of pyridine rings is 1. The molecule has 1 aliphatic rings. The number of sulfonamides is 1. The summed E-state index contributed by atoms with van der Waals surface area (Å²) in [5, 5.41) is 3.27. The number of hydrogen-bond donors (Lipinski definition) is 1. The first kappa shape index (κ1) is 19.8. The smallest absolute Gasteiger partial charge is 0.244 e. The molecule has 0 saturated carbocycles. The highest BCUT2D eigenvalue weighted by atomic mass is 35.5. The Morgan fingerprint density at radius 3 is 2.80 bits per heavy atom. The normalized spacial score (nSPS) is 18.5. The van der Waals surface area contributed by atoms with E-state index in [1.54, 1.807) is 42.0 Å². The fourth-order valence-corrected chi connectivity index (χ4v) is 4.81. The number of aromatic nitrogens is 1. The van der Waals surface area contributed by atoms with Crippen molar-refractivity contribution in [1.29, 1.82) is 0 Å². The molecule has 1 aromatic heterocycles. The van der Waals surface area contributed by atoms with Crippen LogP contribution in [0.25, 0.3) is 0 Å². The number of hydrogen-bond acceptors (Lipinski definition) is 5. The molecule has 0 aliphatic carbocycles. The second kappa shape index (κ2) is 8.73. The molecule has 1 N–H and O–H groups in total. The van der Waals surface area contributed by atoms with Crippen LogP contribution in [-0.2, 0) is 21.4 Å². The second-order valence-corrected chi connectivity index (χ2v) is 7.52. The lowest BCUT2D eigenvalue weighted by molar-refractivity contribution is 0.182. The SMILES string of the molecule is COCc1ccccc1S(=O)(=O)N1CCNCC1c1cccnc1.Cl. The van der Waals surface area contributed by atoms with Crippen LogP contribution >= 0.6 is 12.4 Å².